The van der Waals surface area contributed by atoms with E-state index in [1.807, 2.05) is 0 Å². The number of carbonyl (C=O) groups is 1. The number of nitrogens with zero attached hydrogens (tertiary/aromatic N) is 1. The number of carbonyl (C=O) groups excluding carboxylic acids is 1. The molecule has 1 unspecified atom stereocenters. The maximum atomic E-state index is 13.5. The topological polar surface area (TPSA) is 83.9 Å². The summed E-state index contributed by atoms with van der Waals surface area (Å²) in [6, 6.07) is 3.35. The summed E-state index contributed by atoms with van der Waals surface area (Å²) in [7, 11) is -2.11. The number of sulfonamides is 1. The lowest BCUT2D eigenvalue weighted by Gasteiger charge is -2.23. The van der Waals surface area contributed by atoms with Gasteiger partial charge in [0, 0.05) is 7.05 Å². The number of halogens is 1. The maximum absolute atomic E-state index is 13.5. The van der Waals surface area contributed by atoms with Gasteiger partial charge in [0.25, 0.3) is 0 Å². The number of likely N-dealkylation sites (N-methyl/N-ethyl adjacent to an activating group) is 1. The van der Waals surface area contributed by atoms with Crippen LogP contribution in [0, 0.1) is 5.82 Å². The number of aliphatic hydroxyl groups is 1. The fourth-order valence-electron chi connectivity index (χ4n) is 1.45. The van der Waals surface area contributed by atoms with Crippen LogP contribution in [0.25, 0.3) is 0 Å². The zero-order valence-corrected chi connectivity index (χ0v) is 11.2. The lowest BCUT2D eigenvalue weighted by molar-refractivity contribution is -0.146. The molecule has 106 valence electrons. The number of aliphatic hydroxyl groups excluding tert-OH is 1. The minimum Gasteiger partial charge on any atom is -0.468 e. The summed E-state index contributed by atoms with van der Waals surface area (Å²) in [4.78, 5) is 10.8. The maximum Gasteiger partial charge on any atom is 0.326 e. The van der Waals surface area contributed by atoms with E-state index >= 15 is 0 Å². The zero-order chi connectivity index (χ0) is 14.6. The van der Waals surface area contributed by atoms with Crippen LogP contribution in [0.3, 0.4) is 0 Å². The molecule has 6 nitrogen and oxygen atoms in total. The van der Waals surface area contributed by atoms with Crippen LogP contribution in [-0.4, -0.2) is 50.6 Å². The van der Waals surface area contributed by atoms with Crippen molar-refractivity contribution in [3.05, 3.63) is 30.1 Å². The van der Waals surface area contributed by atoms with Gasteiger partial charge in [-0.25, -0.2) is 12.8 Å². The summed E-state index contributed by atoms with van der Waals surface area (Å²) in [5.74, 6) is -1.86. The zero-order valence-electron chi connectivity index (χ0n) is 10.4. The van der Waals surface area contributed by atoms with Gasteiger partial charge in [-0.15, -0.1) is 0 Å². The average Bonchev–Trinajstić information content (AvgIpc) is 2.39. The highest BCUT2D eigenvalue weighted by molar-refractivity contribution is 7.89. The molecular weight excluding hydrogens is 277 g/mol. The molecule has 19 heavy (non-hydrogen) atoms. The van der Waals surface area contributed by atoms with Crippen LogP contribution < -0.4 is 0 Å². The second-order valence-corrected chi connectivity index (χ2v) is 5.64. The van der Waals surface area contributed by atoms with Crippen LogP contribution >= 0.6 is 0 Å². The first-order valence-corrected chi connectivity index (χ1v) is 6.71. The number of esters is 1. The Bertz CT molecular complexity index is 560. The Morgan fingerprint density at radius 1 is 1.47 bits per heavy atom. The third-order valence-corrected chi connectivity index (χ3v) is 4.48. The minimum atomic E-state index is -4.24. The number of benzene rings is 1. The summed E-state index contributed by atoms with van der Waals surface area (Å²) in [6.45, 7) is -0.767. The molecule has 8 heteroatoms. The molecule has 1 aromatic rings. The highest BCUT2D eigenvalue weighted by Gasteiger charge is 2.34. The van der Waals surface area contributed by atoms with Gasteiger partial charge in [-0.3, -0.25) is 4.79 Å². The molecule has 0 amide bonds. The molecule has 0 radical (unpaired) electrons. The van der Waals surface area contributed by atoms with E-state index in [1.165, 1.54) is 12.1 Å². The first kappa shape index (κ1) is 15.5. The van der Waals surface area contributed by atoms with E-state index in [4.69, 9.17) is 5.11 Å². The van der Waals surface area contributed by atoms with Gasteiger partial charge in [-0.2, -0.15) is 4.31 Å². The first-order valence-electron chi connectivity index (χ1n) is 5.27. The molecule has 1 atom stereocenters. The smallest absolute Gasteiger partial charge is 0.326 e. The van der Waals surface area contributed by atoms with Gasteiger partial charge in [-0.05, 0) is 12.1 Å². The molecule has 0 saturated heterocycles. The molecule has 0 aliphatic rings. The monoisotopic (exact) mass is 291 g/mol. The second-order valence-electron chi connectivity index (χ2n) is 3.67. The van der Waals surface area contributed by atoms with Crippen LogP contribution in [0.1, 0.15) is 0 Å². The Labute approximate surface area is 110 Å². The summed E-state index contributed by atoms with van der Waals surface area (Å²) in [5.41, 5.74) is 0. The molecule has 1 aromatic carbocycles. The predicted octanol–water partition coefficient (Wildman–Crippen LogP) is -0.0199. The van der Waals surface area contributed by atoms with Crippen molar-refractivity contribution >= 4 is 16.0 Å². The standard InChI is InChI=1S/C11H14FNO5S/c1-13(9(7-14)11(15)18-2)19(16,17)10-6-4-3-5-8(10)12/h3-6,9,14H,7H2,1-2H3. The highest BCUT2D eigenvalue weighted by atomic mass is 32.2. The van der Waals surface area contributed by atoms with Gasteiger partial charge in [-0.1, -0.05) is 12.1 Å². The van der Waals surface area contributed by atoms with Crippen molar-refractivity contribution in [3.8, 4) is 0 Å². The minimum absolute atomic E-state index is 0.570. The molecule has 0 aliphatic heterocycles. The van der Waals surface area contributed by atoms with Crippen molar-refractivity contribution in [1.29, 1.82) is 0 Å². The van der Waals surface area contributed by atoms with E-state index in [1.54, 1.807) is 0 Å². The van der Waals surface area contributed by atoms with Gasteiger partial charge in [0.05, 0.1) is 13.7 Å². The molecule has 0 aromatic heterocycles. The van der Waals surface area contributed by atoms with Gasteiger partial charge in [0.2, 0.25) is 10.0 Å². The summed E-state index contributed by atoms with van der Waals surface area (Å²) < 4.78 is 42.8. The van der Waals surface area contributed by atoms with Gasteiger partial charge < -0.3 is 9.84 Å². The molecule has 1 N–H and O–H groups in total. The summed E-state index contributed by atoms with van der Waals surface area (Å²) in [6.07, 6.45) is 0. The molecule has 0 spiro atoms. The van der Waals surface area contributed by atoms with Crippen LogP contribution in [0.2, 0.25) is 0 Å². The first-order chi connectivity index (χ1) is 8.86. The van der Waals surface area contributed by atoms with Crippen LogP contribution in [0.4, 0.5) is 4.39 Å². The second kappa shape index (κ2) is 6.09. The molecule has 0 heterocycles. The van der Waals surface area contributed by atoms with Crippen molar-refractivity contribution in [3.63, 3.8) is 0 Å². The highest BCUT2D eigenvalue weighted by Crippen LogP contribution is 2.19. The summed E-state index contributed by atoms with van der Waals surface area (Å²) >= 11 is 0. The van der Waals surface area contributed by atoms with Gasteiger partial charge >= 0.3 is 5.97 Å². The van der Waals surface area contributed by atoms with E-state index in [2.05, 4.69) is 4.74 Å². The Morgan fingerprint density at radius 3 is 2.53 bits per heavy atom. The average molecular weight is 291 g/mol. The SMILES string of the molecule is COC(=O)C(CO)N(C)S(=O)(=O)c1ccccc1F. The van der Waals surface area contributed by atoms with E-state index in [9.17, 15) is 17.6 Å². The Morgan fingerprint density at radius 2 is 2.05 bits per heavy atom. The fraction of sp³-hybridized carbons (Fsp3) is 0.364. The molecular formula is C11H14FNO5S. The number of methoxy groups -OCH3 is 1. The summed E-state index contributed by atoms with van der Waals surface area (Å²) in [5, 5.41) is 9.08. The fourth-order valence-corrected chi connectivity index (χ4v) is 2.81. The third-order valence-electron chi connectivity index (χ3n) is 2.58. The Hall–Kier alpha value is -1.51. The van der Waals surface area contributed by atoms with Gasteiger partial charge in [0.15, 0.2) is 0 Å². The van der Waals surface area contributed by atoms with E-state index in [0.717, 1.165) is 26.3 Å². The molecule has 0 fully saturated rings. The van der Waals surface area contributed by atoms with Crippen LogP contribution in [0.15, 0.2) is 29.2 Å². The van der Waals surface area contributed by atoms with E-state index in [0.29, 0.717) is 4.31 Å². The van der Waals surface area contributed by atoms with Crippen molar-refractivity contribution in [2.75, 3.05) is 20.8 Å². The normalized spacial score (nSPS) is 13.3. The number of hydrogen-bond acceptors (Lipinski definition) is 5. The van der Waals surface area contributed by atoms with Crippen molar-refractivity contribution in [2.24, 2.45) is 0 Å². The van der Waals surface area contributed by atoms with E-state index in [-0.39, 0.29) is 0 Å². The Kier molecular flexibility index (Phi) is 4.98. The Balaban J connectivity index is 3.20. The largest absolute Gasteiger partial charge is 0.468 e. The van der Waals surface area contributed by atoms with Gasteiger partial charge in [0.1, 0.15) is 16.8 Å². The number of hydrogen-bond donors (Lipinski definition) is 1. The van der Waals surface area contributed by atoms with Crippen LogP contribution in [0.5, 0.6) is 0 Å². The van der Waals surface area contributed by atoms with Crippen LogP contribution in [-0.2, 0) is 19.6 Å². The molecule has 1 rings (SSSR count). The number of rotatable bonds is 5. The molecule has 0 bridgehead atoms. The predicted molar refractivity (Wildman–Crippen MR) is 64.2 cm³/mol. The quantitative estimate of drug-likeness (QED) is 0.771. The number of ether oxygens (including phenoxy) is 1. The van der Waals surface area contributed by atoms with E-state index < -0.39 is 39.4 Å². The lowest BCUT2D eigenvalue weighted by Crippen LogP contribution is -2.45. The lowest BCUT2D eigenvalue weighted by atomic mass is 10.3. The van der Waals surface area contributed by atoms with Crippen molar-refractivity contribution in [1.82, 2.24) is 4.31 Å². The van der Waals surface area contributed by atoms with Crippen molar-refractivity contribution < 1.29 is 27.4 Å². The third kappa shape index (κ3) is 3.09. The molecule has 0 saturated carbocycles. The molecule has 0 aliphatic carbocycles. The van der Waals surface area contributed by atoms with Crippen molar-refractivity contribution in [2.45, 2.75) is 10.9 Å².